The first-order valence-electron chi connectivity index (χ1n) is 11.5. The average Bonchev–Trinajstić information content (AvgIpc) is 3.15. The van der Waals surface area contributed by atoms with Crippen LogP contribution in [0.3, 0.4) is 0 Å². The Balaban J connectivity index is 1.38. The summed E-state index contributed by atoms with van der Waals surface area (Å²) < 4.78 is 5.66. The summed E-state index contributed by atoms with van der Waals surface area (Å²) in [6, 6.07) is 16.0. The Bertz CT molecular complexity index is 991. The van der Waals surface area contributed by atoms with Crippen LogP contribution in [0.5, 0.6) is 0 Å². The average molecular weight is 451 g/mol. The summed E-state index contributed by atoms with van der Waals surface area (Å²) in [6.45, 7) is 0.381. The third-order valence-corrected chi connectivity index (χ3v) is 6.77. The molecule has 0 heterocycles. The maximum Gasteiger partial charge on any atom is 0.407 e. The summed E-state index contributed by atoms with van der Waals surface area (Å²) in [4.78, 5) is 37.9. The van der Waals surface area contributed by atoms with E-state index >= 15 is 0 Å². The molecule has 0 aromatic heterocycles. The van der Waals surface area contributed by atoms with E-state index < -0.39 is 12.1 Å². The molecule has 2 amide bonds. The molecule has 2 aliphatic rings. The number of nitrogens with one attached hydrogen (secondary N) is 1. The summed E-state index contributed by atoms with van der Waals surface area (Å²) in [6.07, 6.45) is 2.59. The Morgan fingerprint density at radius 1 is 1.00 bits per heavy atom. The van der Waals surface area contributed by atoms with Crippen LogP contribution in [0.1, 0.15) is 49.1 Å². The SMILES string of the molecule is CN(CCC(=O)O)C(=O)[C@@H]1CCCC[C@@H]1NC(=O)OCC1c2ccccc2-c2ccccc21. The van der Waals surface area contributed by atoms with Gasteiger partial charge in [-0.15, -0.1) is 0 Å². The minimum absolute atomic E-state index is 0.0194. The van der Waals surface area contributed by atoms with Gasteiger partial charge in [0.05, 0.1) is 12.3 Å². The van der Waals surface area contributed by atoms with Gasteiger partial charge in [-0.05, 0) is 35.1 Å². The van der Waals surface area contributed by atoms with Crippen LogP contribution in [0.15, 0.2) is 48.5 Å². The highest BCUT2D eigenvalue weighted by Crippen LogP contribution is 2.44. The molecule has 33 heavy (non-hydrogen) atoms. The van der Waals surface area contributed by atoms with Gasteiger partial charge in [0.2, 0.25) is 5.91 Å². The Morgan fingerprint density at radius 3 is 2.24 bits per heavy atom. The molecule has 1 saturated carbocycles. The quantitative estimate of drug-likeness (QED) is 0.664. The number of carboxylic acids is 1. The molecule has 2 aromatic carbocycles. The largest absolute Gasteiger partial charge is 0.481 e. The van der Waals surface area contributed by atoms with Crippen molar-refractivity contribution in [3.05, 3.63) is 59.7 Å². The fourth-order valence-electron chi connectivity index (χ4n) is 5.05. The van der Waals surface area contributed by atoms with Crippen molar-refractivity contribution in [3.8, 4) is 11.1 Å². The number of hydrogen-bond donors (Lipinski definition) is 2. The first-order chi connectivity index (χ1) is 16.0. The van der Waals surface area contributed by atoms with E-state index in [1.165, 1.54) is 16.0 Å². The number of nitrogens with zero attached hydrogens (tertiary/aromatic N) is 1. The van der Waals surface area contributed by atoms with Gasteiger partial charge in [-0.25, -0.2) is 4.79 Å². The summed E-state index contributed by atoms with van der Waals surface area (Å²) in [5, 5.41) is 11.8. The molecule has 7 heteroatoms. The Morgan fingerprint density at radius 2 is 1.61 bits per heavy atom. The van der Waals surface area contributed by atoms with Gasteiger partial charge in [0.25, 0.3) is 0 Å². The highest BCUT2D eigenvalue weighted by Gasteiger charge is 2.35. The maximum atomic E-state index is 12.9. The zero-order valence-corrected chi connectivity index (χ0v) is 18.8. The number of benzene rings is 2. The highest BCUT2D eigenvalue weighted by atomic mass is 16.5. The van der Waals surface area contributed by atoms with Crippen LogP contribution in [0.4, 0.5) is 4.79 Å². The van der Waals surface area contributed by atoms with Gasteiger partial charge in [-0.1, -0.05) is 61.4 Å². The van der Waals surface area contributed by atoms with E-state index in [0.717, 1.165) is 24.0 Å². The number of fused-ring (bicyclic) bond motifs is 3. The van der Waals surface area contributed by atoms with Crippen molar-refractivity contribution >= 4 is 18.0 Å². The standard InChI is InChI=1S/C26H30N2O5/c1-28(15-14-24(29)30)25(31)21-12-6-7-13-23(21)27-26(32)33-16-22-19-10-4-2-8-17(19)18-9-3-5-11-20(18)22/h2-5,8-11,21-23H,6-7,12-16H2,1H3,(H,27,32)(H,29,30)/t21-,23+/m1/s1. The lowest BCUT2D eigenvalue weighted by Gasteiger charge is -2.33. The smallest absolute Gasteiger partial charge is 0.407 e. The van der Waals surface area contributed by atoms with Crippen molar-refractivity contribution in [2.75, 3.05) is 20.2 Å². The third kappa shape index (κ3) is 5.02. The number of rotatable bonds is 7. The van der Waals surface area contributed by atoms with Crippen molar-refractivity contribution in [1.82, 2.24) is 10.2 Å². The van der Waals surface area contributed by atoms with E-state index in [9.17, 15) is 14.4 Å². The maximum absolute atomic E-state index is 12.9. The van der Waals surface area contributed by atoms with Crippen LogP contribution < -0.4 is 5.32 Å². The fourth-order valence-corrected chi connectivity index (χ4v) is 5.05. The van der Waals surface area contributed by atoms with Crippen LogP contribution in [-0.4, -0.2) is 54.2 Å². The molecule has 1 fully saturated rings. The third-order valence-electron chi connectivity index (χ3n) is 6.77. The minimum atomic E-state index is -0.938. The first-order valence-corrected chi connectivity index (χ1v) is 11.5. The number of carbonyl (C=O) groups excluding carboxylic acids is 2. The molecule has 4 rings (SSSR count). The van der Waals surface area contributed by atoms with Crippen molar-refractivity contribution in [3.63, 3.8) is 0 Å². The van der Waals surface area contributed by atoms with Crippen molar-refractivity contribution in [2.45, 2.75) is 44.1 Å². The molecule has 2 N–H and O–H groups in total. The van der Waals surface area contributed by atoms with Gasteiger partial charge < -0.3 is 20.1 Å². The molecule has 0 spiro atoms. The van der Waals surface area contributed by atoms with E-state index in [2.05, 4.69) is 29.6 Å². The Labute approximate surface area is 193 Å². The Hall–Kier alpha value is -3.35. The molecule has 174 valence electrons. The van der Waals surface area contributed by atoms with Crippen LogP contribution in [0, 0.1) is 5.92 Å². The molecule has 0 saturated heterocycles. The van der Waals surface area contributed by atoms with Gasteiger partial charge in [-0.2, -0.15) is 0 Å². The second-order valence-corrected chi connectivity index (χ2v) is 8.87. The number of carboxylic acid groups (broad SMARTS) is 1. The lowest BCUT2D eigenvalue weighted by Crippen LogP contribution is -2.49. The van der Waals surface area contributed by atoms with Crippen LogP contribution >= 0.6 is 0 Å². The fraction of sp³-hybridized carbons (Fsp3) is 0.423. The summed E-state index contributed by atoms with van der Waals surface area (Å²) in [7, 11) is 1.62. The van der Waals surface area contributed by atoms with E-state index in [4.69, 9.17) is 9.84 Å². The molecular weight excluding hydrogens is 420 g/mol. The zero-order chi connectivity index (χ0) is 23.4. The number of amides is 2. The molecular formula is C26H30N2O5. The van der Waals surface area contributed by atoms with E-state index in [0.29, 0.717) is 12.8 Å². The monoisotopic (exact) mass is 450 g/mol. The van der Waals surface area contributed by atoms with E-state index in [-0.39, 0.29) is 43.4 Å². The number of carbonyl (C=O) groups is 3. The number of alkyl carbamates (subject to hydrolysis) is 1. The lowest BCUT2D eigenvalue weighted by molar-refractivity contribution is -0.139. The van der Waals surface area contributed by atoms with E-state index in [1.54, 1.807) is 7.05 Å². The molecule has 2 atom stereocenters. The van der Waals surface area contributed by atoms with Crippen molar-refractivity contribution < 1.29 is 24.2 Å². The van der Waals surface area contributed by atoms with Crippen LogP contribution in [0.25, 0.3) is 11.1 Å². The minimum Gasteiger partial charge on any atom is -0.481 e. The zero-order valence-electron chi connectivity index (χ0n) is 18.8. The molecule has 2 aliphatic carbocycles. The van der Waals surface area contributed by atoms with Gasteiger partial charge in [-0.3, -0.25) is 9.59 Å². The normalized spacial score (nSPS) is 19.3. The van der Waals surface area contributed by atoms with E-state index in [1.807, 2.05) is 24.3 Å². The molecule has 0 aliphatic heterocycles. The second-order valence-electron chi connectivity index (χ2n) is 8.87. The van der Waals surface area contributed by atoms with Gasteiger partial charge in [0, 0.05) is 25.6 Å². The Kier molecular flexibility index (Phi) is 6.96. The van der Waals surface area contributed by atoms with Crippen molar-refractivity contribution in [2.24, 2.45) is 5.92 Å². The second kappa shape index (κ2) is 10.1. The predicted octanol–water partition coefficient (Wildman–Crippen LogP) is 4.02. The molecule has 2 aromatic rings. The molecule has 7 nitrogen and oxygen atoms in total. The lowest BCUT2D eigenvalue weighted by atomic mass is 9.83. The summed E-state index contributed by atoms with van der Waals surface area (Å²) in [5.41, 5.74) is 4.64. The summed E-state index contributed by atoms with van der Waals surface area (Å²) >= 11 is 0. The topological polar surface area (TPSA) is 95.9 Å². The van der Waals surface area contributed by atoms with Crippen molar-refractivity contribution in [1.29, 1.82) is 0 Å². The van der Waals surface area contributed by atoms with Crippen LogP contribution in [-0.2, 0) is 14.3 Å². The van der Waals surface area contributed by atoms with Gasteiger partial charge >= 0.3 is 12.1 Å². The molecule has 0 unspecified atom stereocenters. The number of ether oxygens (including phenoxy) is 1. The molecule has 0 bridgehead atoms. The number of aliphatic carboxylic acids is 1. The first kappa shape index (κ1) is 22.8. The van der Waals surface area contributed by atoms with Crippen LogP contribution in [0.2, 0.25) is 0 Å². The highest BCUT2D eigenvalue weighted by molar-refractivity contribution is 5.81. The summed E-state index contributed by atoms with van der Waals surface area (Å²) in [5.74, 6) is -1.45. The van der Waals surface area contributed by atoms with Gasteiger partial charge in [0.15, 0.2) is 0 Å². The predicted molar refractivity (Wildman–Crippen MR) is 124 cm³/mol. The molecule has 0 radical (unpaired) electrons. The number of hydrogen-bond acceptors (Lipinski definition) is 4. The van der Waals surface area contributed by atoms with Gasteiger partial charge in [0.1, 0.15) is 6.61 Å².